The smallest absolute Gasteiger partial charge is 0.0647 e. The van der Waals surface area contributed by atoms with Crippen LogP contribution < -0.4 is 5.32 Å². The van der Waals surface area contributed by atoms with E-state index < -0.39 is 5.54 Å². The number of aliphatic hydroxyl groups is 2. The van der Waals surface area contributed by atoms with Gasteiger partial charge in [-0.05, 0) is 25.0 Å². The molecule has 0 bridgehead atoms. The summed E-state index contributed by atoms with van der Waals surface area (Å²) in [6.45, 7) is 8.47. The molecule has 0 fully saturated rings. The van der Waals surface area contributed by atoms with Gasteiger partial charge in [-0.15, -0.1) is 0 Å². The van der Waals surface area contributed by atoms with Crippen LogP contribution in [0.3, 0.4) is 0 Å². The van der Waals surface area contributed by atoms with Crippen LogP contribution in [-0.2, 0) is 0 Å². The predicted molar refractivity (Wildman–Crippen MR) is 72.0 cm³/mol. The molecule has 0 aliphatic rings. The highest BCUT2D eigenvalue weighted by molar-refractivity contribution is 7.99. The van der Waals surface area contributed by atoms with E-state index in [1.165, 1.54) is 0 Å². The monoisotopic (exact) mass is 249 g/mol. The minimum Gasteiger partial charge on any atom is -0.394 e. The van der Waals surface area contributed by atoms with E-state index in [2.05, 4.69) is 26.1 Å². The Morgan fingerprint density at radius 3 is 2.06 bits per heavy atom. The first-order valence-electron chi connectivity index (χ1n) is 6.06. The Hall–Kier alpha value is 0.230. The summed E-state index contributed by atoms with van der Waals surface area (Å²) in [6, 6.07) is 0.308. The van der Waals surface area contributed by atoms with Crippen molar-refractivity contribution in [2.75, 3.05) is 24.7 Å². The number of rotatable bonds is 9. The van der Waals surface area contributed by atoms with Gasteiger partial charge in [-0.3, -0.25) is 0 Å². The lowest BCUT2D eigenvalue weighted by atomic mass is 9.97. The van der Waals surface area contributed by atoms with Gasteiger partial charge in [0.1, 0.15) is 0 Å². The topological polar surface area (TPSA) is 52.5 Å². The van der Waals surface area contributed by atoms with Gasteiger partial charge in [-0.1, -0.05) is 20.8 Å². The molecule has 0 aromatic rings. The lowest BCUT2D eigenvalue weighted by molar-refractivity contribution is 0.0815. The molecule has 0 aliphatic heterocycles. The third-order valence-electron chi connectivity index (χ3n) is 2.65. The fourth-order valence-electron chi connectivity index (χ4n) is 1.51. The fraction of sp³-hybridized carbons (Fsp3) is 1.00. The first-order valence-corrected chi connectivity index (χ1v) is 7.22. The fourth-order valence-corrected chi connectivity index (χ4v) is 2.56. The second-order valence-corrected chi connectivity index (χ2v) is 6.00. The van der Waals surface area contributed by atoms with E-state index in [1.807, 2.05) is 18.7 Å². The number of hydrogen-bond donors (Lipinski definition) is 3. The zero-order chi connectivity index (χ0) is 12.6. The second kappa shape index (κ2) is 8.34. The number of hydrogen-bond acceptors (Lipinski definition) is 4. The normalized spacial score (nSPS) is 14.4. The van der Waals surface area contributed by atoms with Crippen molar-refractivity contribution in [1.29, 1.82) is 0 Å². The Labute approximate surface area is 104 Å². The van der Waals surface area contributed by atoms with Crippen molar-refractivity contribution in [3.05, 3.63) is 0 Å². The molecule has 0 saturated carbocycles. The summed E-state index contributed by atoms with van der Waals surface area (Å²) >= 11 is 1.92. The summed E-state index contributed by atoms with van der Waals surface area (Å²) in [5, 5.41) is 22.0. The van der Waals surface area contributed by atoms with Crippen molar-refractivity contribution < 1.29 is 10.2 Å². The maximum Gasteiger partial charge on any atom is 0.0647 e. The Balaban J connectivity index is 3.95. The van der Waals surface area contributed by atoms with Crippen LogP contribution in [0.25, 0.3) is 0 Å². The first kappa shape index (κ1) is 16.2. The summed E-state index contributed by atoms with van der Waals surface area (Å²) in [7, 11) is 0. The number of nitrogens with one attached hydrogen (secondary N) is 1. The minimum absolute atomic E-state index is 0.0147. The number of thioether (sulfide) groups is 1. The lowest BCUT2D eigenvalue weighted by Crippen LogP contribution is -2.55. The second-order valence-electron chi connectivity index (χ2n) is 4.93. The van der Waals surface area contributed by atoms with Crippen molar-refractivity contribution >= 4 is 11.8 Å². The van der Waals surface area contributed by atoms with E-state index >= 15 is 0 Å². The molecular formula is C12H27NO2S. The van der Waals surface area contributed by atoms with E-state index in [-0.39, 0.29) is 13.2 Å². The molecule has 0 spiro atoms. The van der Waals surface area contributed by atoms with Crippen LogP contribution in [0.2, 0.25) is 0 Å². The molecule has 0 aromatic carbocycles. The van der Waals surface area contributed by atoms with Gasteiger partial charge in [0.25, 0.3) is 0 Å². The Kier molecular flexibility index (Phi) is 8.46. The zero-order valence-corrected chi connectivity index (χ0v) is 11.8. The molecule has 3 nitrogen and oxygen atoms in total. The van der Waals surface area contributed by atoms with Crippen LogP contribution in [0.4, 0.5) is 0 Å². The minimum atomic E-state index is -0.516. The van der Waals surface area contributed by atoms with Crippen LogP contribution in [0, 0.1) is 5.92 Å². The Morgan fingerprint density at radius 2 is 1.69 bits per heavy atom. The zero-order valence-electron chi connectivity index (χ0n) is 11.0. The SMILES string of the molecule is CCC(CO)(CO)NC(C)CSCC(C)C. The van der Waals surface area contributed by atoms with Crippen LogP contribution in [0.1, 0.15) is 34.1 Å². The molecule has 0 aromatic heterocycles. The van der Waals surface area contributed by atoms with Gasteiger partial charge in [-0.2, -0.15) is 11.8 Å². The Bertz CT molecular complexity index is 164. The maximum absolute atomic E-state index is 9.31. The molecule has 1 unspecified atom stereocenters. The summed E-state index contributed by atoms with van der Waals surface area (Å²) in [4.78, 5) is 0. The molecular weight excluding hydrogens is 222 g/mol. The van der Waals surface area contributed by atoms with Crippen molar-refractivity contribution in [3.63, 3.8) is 0 Å². The molecule has 4 heteroatoms. The van der Waals surface area contributed by atoms with Gasteiger partial charge in [0.05, 0.1) is 18.8 Å². The number of aliphatic hydroxyl groups excluding tert-OH is 2. The molecule has 0 aliphatic carbocycles. The van der Waals surface area contributed by atoms with Crippen molar-refractivity contribution in [1.82, 2.24) is 5.32 Å². The third-order valence-corrected chi connectivity index (χ3v) is 4.29. The third kappa shape index (κ3) is 6.09. The van der Waals surface area contributed by atoms with Gasteiger partial charge in [0.2, 0.25) is 0 Å². The van der Waals surface area contributed by atoms with Gasteiger partial charge in [0, 0.05) is 11.8 Å². The van der Waals surface area contributed by atoms with E-state index in [1.54, 1.807) is 0 Å². The highest BCUT2D eigenvalue weighted by Crippen LogP contribution is 2.13. The molecule has 0 radical (unpaired) electrons. The van der Waals surface area contributed by atoms with Gasteiger partial charge in [0.15, 0.2) is 0 Å². The molecule has 16 heavy (non-hydrogen) atoms. The van der Waals surface area contributed by atoms with Gasteiger partial charge < -0.3 is 15.5 Å². The lowest BCUT2D eigenvalue weighted by Gasteiger charge is -2.33. The van der Waals surface area contributed by atoms with Crippen LogP contribution in [-0.4, -0.2) is 46.5 Å². The summed E-state index contributed by atoms with van der Waals surface area (Å²) in [5.74, 6) is 2.88. The van der Waals surface area contributed by atoms with E-state index in [0.29, 0.717) is 12.0 Å². The highest BCUT2D eigenvalue weighted by Gasteiger charge is 2.27. The largest absolute Gasteiger partial charge is 0.394 e. The van der Waals surface area contributed by atoms with E-state index in [0.717, 1.165) is 17.9 Å². The van der Waals surface area contributed by atoms with Crippen molar-refractivity contribution in [3.8, 4) is 0 Å². The quantitative estimate of drug-likeness (QED) is 0.579. The predicted octanol–water partition coefficient (Wildman–Crippen LogP) is 1.49. The van der Waals surface area contributed by atoms with Crippen molar-refractivity contribution in [2.45, 2.75) is 45.7 Å². The summed E-state index contributed by atoms with van der Waals surface area (Å²) in [6.07, 6.45) is 0.735. The van der Waals surface area contributed by atoms with Crippen molar-refractivity contribution in [2.24, 2.45) is 5.92 Å². The van der Waals surface area contributed by atoms with Crippen LogP contribution in [0.5, 0.6) is 0 Å². The van der Waals surface area contributed by atoms with Crippen LogP contribution in [0.15, 0.2) is 0 Å². The Morgan fingerprint density at radius 1 is 1.12 bits per heavy atom. The molecule has 3 N–H and O–H groups in total. The molecule has 1 atom stereocenters. The molecule has 0 amide bonds. The molecule has 0 heterocycles. The average Bonchev–Trinajstić information content (AvgIpc) is 2.25. The first-order chi connectivity index (χ1) is 7.49. The van der Waals surface area contributed by atoms with Gasteiger partial charge in [-0.25, -0.2) is 0 Å². The van der Waals surface area contributed by atoms with Gasteiger partial charge >= 0.3 is 0 Å². The summed E-state index contributed by atoms with van der Waals surface area (Å²) in [5.41, 5.74) is -0.516. The average molecular weight is 249 g/mol. The molecule has 98 valence electrons. The van der Waals surface area contributed by atoms with E-state index in [4.69, 9.17) is 0 Å². The highest BCUT2D eigenvalue weighted by atomic mass is 32.2. The molecule has 0 rings (SSSR count). The molecule has 0 saturated heterocycles. The maximum atomic E-state index is 9.31. The van der Waals surface area contributed by atoms with E-state index in [9.17, 15) is 10.2 Å². The summed E-state index contributed by atoms with van der Waals surface area (Å²) < 4.78 is 0. The van der Waals surface area contributed by atoms with Crippen LogP contribution >= 0.6 is 11.8 Å². The standard InChI is InChI=1S/C12H27NO2S/c1-5-12(8-14,9-15)13-11(4)7-16-6-10(2)3/h10-11,13-15H,5-9H2,1-4H3.